The maximum Gasteiger partial charge on any atom is 0.198 e. The standard InChI is InChI=1S/C20H16N2O2/c1-24-16-9-7-13-10-15(8-6-14(13)11-16)21-12-18-17-4-2-3-5-19(17)22-20(18)23/h2-12,22-23H,1H3. The van der Waals surface area contributed by atoms with Gasteiger partial charge in [-0.3, -0.25) is 4.99 Å². The van der Waals surface area contributed by atoms with Crippen LogP contribution in [0.1, 0.15) is 5.56 Å². The van der Waals surface area contributed by atoms with Crippen LogP contribution in [0.4, 0.5) is 5.69 Å². The Morgan fingerprint density at radius 1 is 1.00 bits per heavy atom. The van der Waals surface area contributed by atoms with Gasteiger partial charge in [-0.15, -0.1) is 0 Å². The smallest absolute Gasteiger partial charge is 0.198 e. The summed E-state index contributed by atoms with van der Waals surface area (Å²) < 4.78 is 5.24. The summed E-state index contributed by atoms with van der Waals surface area (Å²) in [6.07, 6.45) is 1.69. The molecule has 0 unspecified atom stereocenters. The lowest BCUT2D eigenvalue weighted by Gasteiger charge is -2.03. The quantitative estimate of drug-likeness (QED) is 0.534. The summed E-state index contributed by atoms with van der Waals surface area (Å²) in [5.74, 6) is 0.966. The van der Waals surface area contributed by atoms with Gasteiger partial charge >= 0.3 is 0 Å². The molecule has 4 heteroatoms. The van der Waals surface area contributed by atoms with Crippen LogP contribution in [0.15, 0.2) is 65.7 Å². The molecule has 0 saturated heterocycles. The molecule has 118 valence electrons. The molecule has 0 aliphatic rings. The number of rotatable bonds is 3. The Bertz CT molecular complexity index is 1060. The van der Waals surface area contributed by atoms with Crippen molar-refractivity contribution in [3.05, 3.63) is 66.2 Å². The molecule has 2 N–H and O–H groups in total. The molecular weight excluding hydrogens is 300 g/mol. The van der Waals surface area contributed by atoms with E-state index in [0.29, 0.717) is 5.56 Å². The topological polar surface area (TPSA) is 57.6 Å². The van der Waals surface area contributed by atoms with Gasteiger partial charge in [0.05, 0.1) is 18.4 Å². The second-order valence-electron chi connectivity index (χ2n) is 5.59. The van der Waals surface area contributed by atoms with E-state index in [9.17, 15) is 5.11 Å². The molecule has 0 spiro atoms. The van der Waals surface area contributed by atoms with E-state index in [1.807, 2.05) is 60.7 Å². The number of aliphatic imine (C=N–C) groups is 1. The predicted octanol–water partition coefficient (Wildman–Crippen LogP) is 4.79. The second-order valence-corrected chi connectivity index (χ2v) is 5.59. The summed E-state index contributed by atoms with van der Waals surface area (Å²) in [5.41, 5.74) is 2.42. The van der Waals surface area contributed by atoms with Crippen LogP contribution in [0.3, 0.4) is 0 Å². The fraction of sp³-hybridized carbons (Fsp3) is 0.0500. The van der Waals surface area contributed by atoms with Gasteiger partial charge in [-0.1, -0.05) is 30.3 Å². The van der Waals surface area contributed by atoms with Gasteiger partial charge in [-0.25, -0.2) is 0 Å². The molecule has 4 aromatic rings. The minimum absolute atomic E-state index is 0.130. The molecule has 4 nitrogen and oxygen atoms in total. The number of aromatic amines is 1. The molecule has 0 fully saturated rings. The normalized spacial score (nSPS) is 11.5. The van der Waals surface area contributed by atoms with Crippen LogP contribution >= 0.6 is 0 Å². The molecular formula is C20H16N2O2. The van der Waals surface area contributed by atoms with Crippen molar-refractivity contribution in [2.45, 2.75) is 0 Å². The minimum atomic E-state index is 0.130. The highest BCUT2D eigenvalue weighted by atomic mass is 16.5. The zero-order valence-corrected chi connectivity index (χ0v) is 13.2. The Hall–Kier alpha value is -3.27. The summed E-state index contributed by atoms with van der Waals surface area (Å²) in [4.78, 5) is 7.47. The van der Waals surface area contributed by atoms with Crippen molar-refractivity contribution in [3.63, 3.8) is 0 Å². The SMILES string of the molecule is COc1ccc2cc(N=Cc3c(O)[nH]c4ccccc34)ccc2c1. The van der Waals surface area contributed by atoms with Gasteiger partial charge in [0, 0.05) is 17.1 Å². The van der Waals surface area contributed by atoms with Crippen molar-refractivity contribution in [2.24, 2.45) is 4.99 Å². The van der Waals surface area contributed by atoms with Gasteiger partial charge in [0.15, 0.2) is 5.88 Å². The van der Waals surface area contributed by atoms with E-state index >= 15 is 0 Å². The van der Waals surface area contributed by atoms with Gasteiger partial charge in [-0.05, 0) is 41.1 Å². The van der Waals surface area contributed by atoms with Crippen LogP contribution in [-0.4, -0.2) is 23.4 Å². The molecule has 1 heterocycles. The van der Waals surface area contributed by atoms with Crippen molar-refractivity contribution < 1.29 is 9.84 Å². The number of hydrogen-bond acceptors (Lipinski definition) is 3. The number of hydrogen-bond donors (Lipinski definition) is 2. The van der Waals surface area contributed by atoms with E-state index in [4.69, 9.17) is 4.74 Å². The highest BCUT2D eigenvalue weighted by molar-refractivity contribution is 6.02. The van der Waals surface area contributed by atoms with Crippen molar-refractivity contribution in [1.29, 1.82) is 0 Å². The van der Waals surface area contributed by atoms with Gasteiger partial charge in [0.1, 0.15) is 5.75 Å². The fourth-order valence-electron chi connectivity index (χ4n) is 2.84. The molecule has 0 amide bonds. The molecule has 0 bridgehead atoms. The lowest BCUT2D eigenvalue weighted by atomic mass is 10.1. The van der Waals surface area contributed by atoms with E-state index in [0.717, 1.165) is 33.1 Å². The molecule has 1 aromatic heterocycles. The first-order valence-corrected chi connectivity index (χ1v) is 7.66. The summed E-state index contributed by atoms with van der Waals surface area (Å²) in [7, 11) is 1.66. The molecule has 3 aromatic carbocycles. The van der Waals surface area contributed by atoms with Crippen LogP contribution in [0.25, 0.3) is 21.7 Å². The summed E-state index contributed by atoms with van der Waals surface area (Å²) >= 11 is 0. The Labute approximate surface area is 139 Å². The van der Waals surface area contributed by atoms with Crippen molar-refractivity contribution >= 4 is 33.6 Å². The van der Waals surface area contributed by atoms with E-state index < -0.39 is 0 Å². The number of aromatic nitrogens is 1. The molecule has 0 saturated carbocycles. The van der Waals surface area contributed by atoms with Crippen LogP contribution in [0.5, 0.6) is 11.6 Å². The van der Waals surface area contributed by atoms with Crippen LogP contribution in [0.2, 0.25) is 0 Å². The van der Waals surface area contributed by atoms with E-state index in [2.05, 4.69) is 9.98 Å². The number of fused-ring (bicyclic) bond motifs is 2. The number of nitrogens with zero attached hydrogens (tertiary/aromatic N) is 1. The lowest BCUT2D eigenvalue weighted by molar-refractivity contribution is 0.415. The van der Waals surface area contributed by atoms with Crippen molar-refractivity contribution in [2.75, 3.05) is 7.11 Å². The van der Waals surface area contributed by atoms with Crippen molar-refractivity contribution in [1.82, 2.24) is 4.98 Å². The van der Waals surface area contributed by atoms with E-state index in [-0.39, 0.29) is 5.88 Å². The summed E-state index contributed by atoms with van der Waals surface area (Å²) in [5, 5.41) is 13.2. The number of nitrogens with one attached hydrogen (secondary N) is 1. The van der Waals surface area contributed by atoms with E-state index in [1.165, 1.54) is 0 Å². The molecule has 24 heavy (non-hydrogen) atoms. The number of para-hydroxylation sites is 1. The highest BCUT2D eigenvalue weighted by Crippen LogP contribution is 2.28. The van der Waals surface area contributed by atoms with Crippen LogP contribution in [-0.2, 0) is 0 Å². The lowest BCUT2D eigenvalue weighted by Crippen LogP contribution is -1.82. The zero-order valence-electron chi connectivity index (χ0n) is 13.2. The van der Waals surface area contributed by atoms with Crippen LogP contribution in [0, 0.1) is 0 Å². The number of H-pyrrole nitrogens is 1. The molecule has 0 aliphatic heterocycles. The van der Waals surface area contributed by atoms with Crippen LogP contribution < -0.4 is 4.74 Å². The molecule has 0 aliphatic carbocycles. The first-order valence-electron chi connectivity index (χ1n) is 7.66. The zero-order chi connectivity index (χ0) is 16.5. The van der Waals surface area contributed by atoms with Gasteiger partial charge in [0.2, 0.25) is 0 Å². The van der Waals surface area contributed by atoms with Crippen molar-refractivity contribution in [3.8, 4) is 11.6 Å². The maximum absolute atomic E-state index is 10.1. The molecule has 0 atom stereocenters. The first kappa shape index (κ1) is 14.3. The summed E-state index contributed by atoms with van der Waals surface area (Å²) in [6, 6.07) is 19.7. The number of aromatic hydroxyl groups is 1. The predicted molar refractivity (Wildman–Crippen MR) is 97.7 cm³/mol. The number of ether oxygens (including phenoxy) is 1. The van der Waals surface area contributed by atoms with Gasteiger partial charge in [0.25, 0.3) is 0 Å². The average molecular weight is 316 g/mol. The first-order chi connectivity index (χ1) is 11.7. The summed E-state index contributed by atoms with van der Waals surface area (Å²) in [6.45, 7) is 0. The minimum Gasteiger partial charge on any atom is -0.497 e. The molecule has 0 radical (unpaired) electrons. The second kappa shape index (κ2) is 5.74. The third-order valence-electron chi connectivity index (χ3n) is 4.10. The largest absolute Gasteiger partial charge is 0.497 e. The Morgan fingerprint density at radius 2 is 1.79 bits per heavy atom. The third kappa shape index (κ3) is 2.48. The highest BCUT2D eigenvalue weighted by Gasteiger charge is 2.07. The monoisotopic (exact) mass is 316 g/mol. The van der Waals surface area contributed by atoms with Gasteiger partial charge in [-0.2, -0.15) is 0 Å². The average Bonchev–Trinajstić information content (AvgIpc) is 2.94. The maximum atomic E-state index is 10.1. The van der Waals surface area contributed by atoms with E-state index in [1.54, 1.807) is 13.3 Å². The fourth-order valence-corrected chi connectivity index (χ4v) is 2.84. The Morgan fingerprint density at radius 3 is 2.67 bits per heavy atom. The Kier molecular flexibility index (Phi) is 3.43. The number of benzene rings is 3. The molecule has 4 rings (SSSR count). The third-order valence-corrected chi connectivity index (χ3v) is 4.10. The van der Waals surface area contributed by atoms with Gasteiger partial charge < -0.3 is 14.8 Å². The number of methoxy groups -OCH3 is 1. The Balaban J connectivity index is 1.72.